The summed E-state index contributed by atoms with van der Waals surface area (Å²) in [6.07, 6.45) is 1.82. The predicted octanol–water partition coefficient (Wildman–Crippen LogP) is 2.37. The Balaban J connectivity index is 3.82. The SMILES string of the molecule is CCN(CC)C(=O)OCCCOC(=O)/C=C/C(=O)OCCCOC(=O)N(CC)CC. The maximum absolute atomic E-state index is 11.6. The van der Waals surface area contributed by atoms with Crippen LogP contribution in [0.1, 0.15) is 40.5 Å². The van der Waals surface area contributed by atoms with Crippen LogP contribution in [0.5, 0.6) is 0 Å². The van der Waals surface area contributed by atoms with Gasteiger partial charge in [-0.15, -0.1) is 0 Å². The molecule has 0 aromatic carbocycles. The van der Waals surface area contributed by atoms with E-state index < -0.39 is 24.1 Å². The first kappa shape index (κ1) is 27.2. The summed E-state index contributed by atoms with van der Waals surface area (Å²) in [7, 11) is 0. The average molecular weight is 430 g/mol. The molecule has 30 heavy (non-hydrogen) atoms. The van der Waals surface area contributed by atoms with Crippen LogP contribution in [0.3, 0.4) is 0 Å². The zero-order chi connectivity index (χ0) is 22.8. The average Bonchev–Trinajstić information content (AvgIpc) is 2.73. The lowest BCUT2D eigenvalue weighted by Gasteiger charge is -2.17. The van der Waals surface area contributed by atoms with Crippen molar-refractivity contribution in [1.82, 2.24) is 9.80 Å². The molecule has 10 nitrogen and oxygen atoms in total. The van der Waals surface area contributed by atoms with Gasteiger partial charge in [-0.05, 0) is 27.7 Å². The third-order valence-electron chi connectivity index (χ3n) is 3.92. The first-order chi connectivity index (χ1) is 14.4. The van der Waals surface area contributed by atoms with Gasteiger partial charge in [0.25, 0.3) is 0 Å². The number of hydrogen-bond acceptors (Lipinski definition) is 8. The monoisotopic (exact) mass is 430 g/mol. The van der Waals surface area contributed by atoms with Crippen molar-refractivity contribution in [3.63, 3.8) is 0 Å². The largest absolute Gasteiger partial charge is 0.462 e. The summed E-state index contributed by atoms with van der Waals surface area (Å²) in [6, 6.07) is 0. The van der Waals surface area contributed by atoms with Gasteiger partial charge < -0.3 is 28.7 Å². The van der Waals surface area contributed by atoms with Gasteiger partial charge in [0.05, 0.1) is 26.4 Å². The van der Waals surface area contributed by atoms with Gasteiger partial charge in [-0.2, -0.15) is 0 Å². The van der Waals surface area contributed by atoms with Crippen molar-refractivity contribution in [2.75, 3.05) is 52.6 Å². The third kappa shape index (κ3) is 12.6. The maximum atomic E-state index is 11.6. The normalized spacial score (nSPS) is 10.4. The second-order valence-electron chi connectivity index (χ2n) is 5.95. The van der Waals surface area contributed by atoms with Crippen LogP contribution in [-0.4, -0.2) is 86.5 Å². The molecule has 0 radical (unpaired) electrons. The number of hydrogen-bond donors (Lipinski definition) is 0. The topological polar surface area (TPSA) is 112 Å². The summed E-state index contributed by atoms with van der Waals surface area (Å²) >= 11 is 0. The van der Waals surface area contributed by atoms with Gasteiger partial charge in [0.2, 0.25) is 0 Å². The van der Waals surface area contributed by atoms with Crippen LogP contribution in [0.4, 0.5) is 9.59 Å². The smallest absolute Gasteiger partial charge is 0.409 e. The lowest BCUT2D eigenvalue weighted by Crippen LogP contribution is -2.31. The maximum Gasteiger partial charge on any atom is 0.409 e. The fourth-order valence-electron chi connectivity index (χ4n) is 2.16. The summed E-state index contributed by atoms with van der Waals surface area (Å²) in [6.45, 7) is 10.0. The highest BCUT2D eigenvalue weighted by molar-refractivity contribution is 5.91. The first-order valence-electron chi connectivity index (χ1n) is 10.2. The quantitative estimate of drug-likeness (QED) is 0.179. The molecule has 0 bridgehead atoms. The van der Waals surface area contributed by atoms with Gasteiger partial charge in [-0.1, -0.05) is 0 Å². The molecule has 2 amide bonds. The molecule has 0 N–H and O–H groups in total. The highest BCUT2D eigenvalue weighted by atomic mass is 16.6. The fourth-order valence-corrected chi connectivity index (χ4v) is 2.16. The van der Waals surface area contributed by atoms with E-state index in [0.717, 1.165) is 12.2 Å². The van der Waals surface area contributed by atoms with Crippen molar-refractivity contribution in [2.45, 2.75) is 40.5 Å². The molecule has 0 saturated heterocycles. The van der Waals surface area contributed by atoms with E-state index in [4.69, 9.17) is 18.9 Å². The predicted molar refractivity (Wildman–Crippen MR) is 109 cm³/mol. The van der Waals surface area contributed by atoms with Crippen molar-refractivity contribution >= 4 is 24.1 Å². The molecule has 0 unspecified atom stereocenters. The molecular formula is C20H34N2O8. The Morgan fingerprint density at radius 3 is 1.17 bits per heavy atom. The van der Waals surface area contributed by atoms with Crippen LogP contribution in [-0.2, 0) is 28.5 Å². The highest BCUT2D eigenvalue weighted by Crippen LogP contribution is 1.97. The van der Waals surface area contributed by atoms with Crippen LogP contribution in [0.25, 0.3) is 0 Å². The van der Waals surface area contributed by atoms with Crippen LogP contribution in [0.15, 0.2) is 12.2 Å². The molecule has 10 heteroatoms. The minimum atomic E-state index is -0.699. The van der Waals surface area contributed by atoms with Gasteiger partial charge in [0.1, 0.15) is 0 Å². The zero-order valence-electron chi connectivity index (χ0n) is 18.4. The number of amides is 2. The lowest BCUT2D eigenvalue weighted by atomic mass is 10.4. The van der Waals surface area contributed by atoms with Crippen molar-refractivity contribution in [3.05, 3.63) is 12.2 Å². The molecule has 0 aliphatic heterocycles. The van der Waals surface area contributed by atoms with Crippen molar-refractivity contribution in [1.29, 1.82) is 0 Å². The number of carbonyl (C=O) groups excluding carboxylic acids is 4. The molecule has 0 saturated carbocycles. The van der Waals surface area contributed by atoms with E-state index in [1.807, 2.05) is 27.7 Å². The standard InChI is InChI=1S/C20H34N2O8/c1-5-21(6-2)19(25)29-15-9-13-27-17(23)11-12-18(24)28-14-10-16-30-20(26)22(7-3)8-4/h11-12H,5-10,13-16H2,1-4H3/b12-11+. The van der Waals surface area contributed by atoms with E-state index in [0.29, 0.717) is 39.0 Å². The number of esters is 2. The molecule has 0 atom stereocenters. The first-order valence-corrected chi connectivity index (χ1v) is 10.2. The molecule has 0 heterocycles. The highest BCUT2D eigenvalue weighted by Gasteiger charge is 2.11. The van der Waals surface area contributed by atoms with Crippen LogP contribution < -0.4 is 0 Å². The van der Waals surface area contributed by atoms with Gasteiger partial charge in [0, 0.05) is 51.2 Å². The van der Waals surface area contributed by atoms with Crippen molar-refractivity contribution < 1.29 is 38.1 Å². The summed E-state index contributed by atoms with van der Waals surface area (Å²) in [5.41, 5.74) is 0. The van der Waals surface area contributed by atoms with E-state index in [1.54, 1.807) is 0 Å². The molecule has 0 rings (SSSR count). The fraction of sp³-hybridized carbons (Fsp3) is 0.700. The Hall–Kier alpha value is -2.78. The van der Waals surface area contributed by atoms with Crippen LogP contribution in [0.2, 0.25) is 0 Å². The van der Waals surface area contributed by atoms with Gasteiger partial charge in [0.15, 0.2) is 0 Å². The van der Waals surface area contributed by atoms with Crippen LogP contribution in [0, 0.1) is 0 Å². The van der Waals surface area contributed by atoms with E-state index >= 15 is 0 Å². The molecule has 0 fully saturated rings. The number of carbonyl (C=O) groups is 4. The van der Waals surface area contributed by atoms with Gasteiger partial charge >= 0.3 is 24.1 Å². The lowest BCUT2D eigenvalue weighted by molar-refractivity contribution is -0.140. The summed E-state index contributed by atoms with van der Waals surface area (Å²) < 4.78 is 19.9. The molecular weight excluding hydrogens is 396 g/mol. The minimum absolute atomic E-state index is 0.0572. The van der Waals surface area contributed by atoms with Gasteiger partial charge in [-0.3, -0.25) is 0 Å². The summed E-state index contributed by atoms with van der Waals surface area (Å²) in [5.74, 6) is -1.40. The molecule has 172 valence electrons. The van der Waals surface area contributed by atoms with Crippen LogP contribution >= 0.6 is 0 Å². The number of nitrogens with zero attached hydrogens (tertiary/aromatic N) is 2. The van der Waals surface area contributed by atoms with Crippen molar-refractivity contribution in [2.24, 2.45) is 0 Å². The number of ether oxygens (including phenoxy) is 4. The van der Waals surface area contributed by atoms with E-state index in [-0.39, 0.29) is 26.4 Å². The van der Waals surface area contributed by atoms with Gasteiger partial charge in [-0.25, -0.2) is 19.2 Å². The Morgan fingerprint density at radius 2 is 0.867 bits per heavy atom. The minimum Gasteiger partial charge on any atom is -0.462 e. The molecule has 0 spiro atoms. The molecule has 0 aromatic heterocycles. The van der Waals surface area contributed by atoms with E-state index in [9.17, 15) is 19.2 Å². The Labute approximate surface area is 178 Å². The summed E-state index contributed by atoms with van der Waals surface area (Å²) in [5, 5.41) is 0. The Morgan fingerprint density at radius 1 is 0.567 bits per heavy atom. The molecule has 0 aromatic rings. The molecule has 0 aliphatic carbocycles. The Bertz CT molecular complexity index is 509. The second kappa shape index (κ2) is 17.1. The van der Waals surface area contributed by atoms with Crippen molar-refractivity contribution in [3.8, 4) is 0 Å². The number of rotatable bonds is 14. The van der Waals surface area contributed by atoms with E-state index in [2.05, 4.69) is 0 Å². The Kier molecular flexibility index (Phi) is 15.5. The zero-order valence-corrected chi connectivity index (χ0v) is 18.4. The van der Waals surface area contributed by atoms with E-state index in [1.165, 1.54) is 9.80 Å². The third-order valence-corrected chi connectivity index (χ3v) is 3.92. The second-order valence-corrected chi connectivity index (χ2v) is 5.95. The molecule has 0 aliphatic rings. The summed E-state index contributed by atoms with van der Waals surface area (Å²) in [4.78, 5) is 49.3.